The quantitative estimate of drug-likeness (QED) is 0.541. The van der Waals surface area contributed by atoms with Crippen molar-refractivity contribution in [2.75, 3.05) is 39.6 Å². The zero-order chi connectivity index (χ0) is 11.6. The Bertz CT molecular complexity index is 207. The topological polar surface area (TPSA) is 71.1 Å². The van der Waals surface area contributed by atoms with Crippen LogP contribution in [0.25, 0.3) is 0 Å². The van der Waals surface area contributed by atoms with Gasteiger partial charge in [0.2, 0.25) is 0 Å². The van der Waals surface area contributed by atoms with Crippen molar-refractivity contribution in [2.24, 2.45) is 0 Å². The molecule has 0 aliphatic heterocycles. The number of rotatable bonds is 10. The van der Waals surface area contributed by atoms with Gasteiger partial charge in [-0.15, -0.1) is 0 Å². The second-order valence-electron chi connectivity index (χ2n) is 2.45. The molecule has 15 heavy (non-hydrogen) atoms. The molecule has 0 N–H and O–H groups in total. The molecule has 0 heterocycles. The van der Waals surface area contributed by atoms with Gasteiger partial charge in [0.05, 0.1) is 0 Å². The SMILES string of the molecule is CCOCC[O][Cr](=[O])(=[O])[O]CCOCC. The molecule has 0 spiro atoms. The van der Waals surface area contributed by atoms with Crippen molar-refractivity contribution in [1.29, 1.82) is 0 Å². The van der Waals surface area contributed by atoms with Gasteiger partial charge in [0.25, 0.3) is 0 Å². The van der Waals surface area contributed by atoms with Gasteiger partial charge in [0.15, 0.2) is 0 Å². The molecule has 7 heteroatoms. The van der Waals surface area contributed by atoms with E-state index in [1.807, 2.05) is 13.8 Å². The summed E-state index contributed by atoms with van der Waals surface area (Å²) in [6, 6.07) is 0. The summed E-state index contributed by atoms with van der Waals surface area (Å²) in [5, 5.41) is 0. The Kier molecular flexibility index (Phi) is 9.20. The zero-order valence-corrected chi connectivity index (χ0v) is 10.4. The maximum atomic E-state index is 11.1. The van der Waals surface area contributed by atoms with Crippen molar-refractivity contribution in [3.8, 4) is 0 Å². The van der Waals surface area contributed by atoms with Crippen LogP contribution in [-0.4, -0.2) is 39.6 Å². The average molecular weight is 262 g/mol. The third-order valence-corrected chi connectivity index (χ3v) is 2.74. The van der Waals surface area contributed by atoms with Crippen LogP contribution in [0.2, 0.25) is 0 Å². The van der Waals surface area contributed by atoms with Crippen LogP contribution in [0.1, 0.15) is 13.8 Å². The molecule has 0 aliphatic carbocycles. The van der Waals surface area contributed by atoms with E-state index in [9.17, 15) is 7.61 Å². The van der Waals surface area contributed by atoms with Gasteiger partial charge < -0.3 is 0 Å². The summed E-state index contributed by atoms with van der Waals surface area (Å²) in [5.74, 6) is 0. The predicted octanol–water partition coefficient (Wildman–Crippen LogP) is 0.768. The van der Waals surface area contributed by atoms with Crippen LogP contribution in [0.15, 0.2) is 0 Å². The van der Waals surface area contributed by atoms with E-state index >= 15 is 0 Å². The zero-order valence-electron chi connectivity index (χ0n) is 9.10. The molecule has 6 nitrogen and oxygen atoms in total. The molecule has 92 valence electrons. The summed E-state index contributed by atoms with van der Waals surface area (Å²) in [6.45, 7) is 5.18. The van der Waals surface area contributed by atoms with Crippen molar-refractivity contribution < 1.29 is 38.3 Å². The average Bonchev–Trinajstić information content (AvgIpc) is 2.20. The first-order chi connectivity index (χ1) is 7.12. The maximum absolute atomic E-state index is 11.1. The molecule has 0 amide bonds. The van der Waals surface area contributed by atoms with E-state index in [4.69, 9.17) is 9.47 Å². The van der Waals surface area contributed by atoms with E-state index in [1.54, 1.807) is 0 Å². The summed E-state index contributed by atoms with van der Waals surface area (Å²) in [6.07, 6.45) is 0. The van der Waals surface area contributed by atoms with Crippen LogP contribution in [-0.2, 0) is 38.3 Å². The minimum atomic E-state index is -4.64. The molecular weight excluding hydrogens is 244 g/mol. The van der Waals surface area contributed by atoms with Crippen LogP contribution in [0.5, 0.6) is 0 Å². The molecule has 0 rings (SSSR count). The summed E-state index contributed by atoms with van der Waals surface area (Å²) in [5.41, 5.74) is 0. The Balaban J connectivity index is 3.50. The molecule has 0 unspecified atom stereocenters. The first kappa shape index (κ1) is 15.0. The predicted molar refractivity (Wildman–Crippen MR) is 46.3 cm³/mol. The standard InChI is InChI=1S/2C4H9O2.Cr.2O/c2*1-2-6-4-3-5;;;/h2*2-4H2,1H3;;;/q2*-1;+2;;. The van der Waals surface area contributed by atoms with Crippen molar-refractivity contribution in [1.82, 2.24) is 0 Å². The van der Waals surface area contributed by atoms with Crippen molar-refractivity contribution in [2.45, 2.75) is 13.8 Å². The molecular formula is C8H18CrO6. The molecule has 0 radical (unpaired) electrons. The Hall–Kier alpha value is -0.0275. The van der Waals surface area contributed by atoms with Gasteiger partial charge in [-0.3, -0.25) is 0 Å². The Morgan fingerprint density at radius 2 is 1.20 bits per heavy atom. The number of hydrogen-bond donors (Lipinski definition) is 0. The van der Waals surface area contributed by atoms with Gasteiger partial charge in [-0.1, -0.05) is 0 Å². The molecule has 0 aromatic heterocycles. The van der Waals surface area contributed by atoms with Crippen LogP contribution in [0.3, 0.4) is 0 Å². The van der Waals surface area contributed by atoms with Crippen molar-refractivity contribution in [3.63, 3.8) is 0 Å². The van der Waals surface area contributed by atoms with E-state index in [1.165, 1.54) is 0 Å². The minimum absolute atomic E-state index is 0.00449. The number of ether oxygens (including phenoxy) is 2. The molecule has 0 bridgehead atoms. The van der Waals surface area contributed by atoms with Crippen LogP contribution in [0, 0.1) is 0 Å². The van der Waals surface area contributed by atoms with Crippen LogP contribution in [0.4, 0.5) is 0 Å². The van der Waals surface area contributed by atoms with Gasteiger partial charge in [0, 0.05) is 0 Å². The molecule has 0 saturated heterocycles. The van der Waals surface area contributed by atoms with Crippen molar-refractivity contribution >= 4 is 0 Å². The van der Waals surface area contributed by atoms with Gasteiger partial charge in [-0.05, 0) is 0 Å². The molecule has 0 aromatic carbocycles. The molecule has 0 aromatic rings. The van der Waals surface area contributed by atoms with Gasteiger partial charge in [0.1, 0.15) is 0 Å². The van der Waals surface area contributed by atoms with E-state index in [-0.39, 0.29) is 26.4 Å². The fourth-order valence-electron chi connectivity index (χ4n) is 0.713. The van der Waals surface area contributed by atoms with E-state index < -0.39 is 13.6 Å². The van der Waals surface area contributed by atoms with E-state index in [2.05, 4.69) is 7.58 Å². The first-order valence-corrected chi connectivity index (χ1v) is 6.90. The van der Waals surface area contributed by atoms with Gasteiger partial charge >= 0.3 is 91.8 Å². The third kappa shape index (κ3) is 10.3. The second-order valence-corrected chi connectivity index (χ2v) is 4.46. The summed E-state index contributed by atoms with van der Waals surface area (Å²) in [7, 11) is 0. The normalized spacial score (nSPS) is 11.9. The Morgan fingerprint density at radius 1 is 0.800 bits per heavy atom. The molecule has 0 saturated carbocycles. The second kappa shape index (κ2) is 9.22. The summed E-state index contributed by atoms with van der Waals surface area (Å²) < 4.78 is 41.1. The fraction of sp³-hybridized carbons (Fsp3) is 1.00. The van der Waals surface area contributed by atoms with Crippen molar-refractivity contribution in [3.05, 3.63) is 0 Å². The Morgan fingerprint density at radius 3 is 1.53 bits per heavy atom. The molecule has 0 aliphatic rings. The number of hydrogen-bond acceptors (Lipinski definition) is 6. The van der Waals surface area contributed by atoms with Crippen LogP contribution >= 0.6 is 0 Å². The van der Waals surface area contributed by atoms with E-state index in [0.29, 0.717) is 13.2 Å². The molecule has 0 atom stereocenters. The van der Waals surface area contributed by atoms with Crippen LogP contribution < -0.4 is 0 Å². The van der Waals surface area contributed by atoms with E-state index in [0.717, 1.165) is 0 Å². The van der Waals surface area contributed by atoms with Gasteiger partial charge in [-0.2, -0.15) is 0 Å². The summed E-state index contributed by atoms with van der Waals surface area (Å²) in [4.78, 5) is 0. The summed E-state index contributed by atoms with van der Waals surface area (Å²) >= 11 is -4.64. The fourth-order valence-corrected chi connectivity index (χ4v) is 1.67. The monoisotopic (exact) mass is 262 g/mol. The third-order valence-electron chi connectivity index (χ3n) is 1.32. The molecule has 0 fully saturated rings. The first-order valence-electron chi connectivity index (χ1n) is 4.81. The Labute approximate surface area is 92.2 Å². The van der Waals surface area contributed by atoms with Gasteiger partial charge in [-0.25, -0.2) is 0 Å².